The Labute approximate surface area is 133 Å². The van der Waals surface area contributed by atoms with Crippen LogP contribution in [0.25, 0.3) is 0 Å². The molecule has 120 valence electrons. The zero-order valence-electron chi connectivity index (χ0n) is 12.7. The number of rotatable bonds is 4. The highest BCUT2D eigenvalue weighted by molar-refractivity contribution is 6.00. The Balaban J connectivity index is 1.65. The average molecular weight is 314 g/mol. The minimum Gasteiger partial charge on any atom is -0.336 e. The van der Waals surface area contributed by atoms with Crippen LogP contribution in [0.4, 0.5) is 26.7 Å². The van der Waals surface area contributed by atoms with Gasteiger partial charge in [-0.3, -0.25) is 9.58 Å². The van der Waals surface area contributed by atoms with E-state index in [1.165, 1.54) is 0 Å². The first-order chi connectivity index (χ1) is 11.2. The van der Waals surface area contributed by atoms with Crippen LogP contribution in [-0.4, -0.2) is 34.9 Å². The van der Waals surface area contributed by atoms with Gasteiger partial charge in [-0.25, -0.2) is 9.59 Å². The van der Waals surface area contributed by atoms with E-state index in [-0.39, 0.29) is 12.1 Å². The fraction of sp³-hybridized carbons (Fsp3) is 0.267. The number of anilines is 3. The Morgan fingerprint density at radius 1 is 1.35 bits per heavy atom. The Morgan fingerprint density at radius 2 is 2.17 bits per heavy atom. The monoisotopic (exact) mass is 314 g/mol. The fourth-order valence-electron chi connectivity index (χ4n) is 2.36. The predicted octanol–water partition coefficient (Wildman–Crippen LogP) is 2.08. The lowest BCUT2D eigenvalue weighted by Crippen LogP contribution is -2.27. The summed E-state index contributed by atoms with van der Waals surface area (Å²) in [5.74, 6) is 0. The number of nitrogens with one attached hydrogen (secondary N) is 3. The number of aromatic nitrogens is 2. The first-order valence-corrected chi connectivity index (χ1v) is 7.41. The maximum absolute atomic E-state index is 12.0. The maximum Gasteiger partial charge on any atom is 0.323 e. The van der Waals surface area contributed by atoms with Crippen LogP contribution in [0.2, 0.25) is 0 Å². The van der Waals surface area contributed by atoms with Crippen LogP contribution in [0.3, 0.4) is 0 Å². The van der Waals surface area contributed by atoms with Crippen LogP contribution in [0, 0.1) is 0 Å². The second-order valence-corrected chi connectivity index (χ2v) is 5.10. The van der Waals surface area contributed by atoms with Crippen molar-refractivity contribution in [2.24, 2.45) is 0 Å². The number of benzene rings is 1. The molecule has 0 aliphatic carbocycles. The summed E-state index contributed by atoms with van der Waals surface area (Å²) in [5, 5.41) is 12.3. The van der Waals surface area contributed by atoms with E-state index in [0.29, 0.717) is 24.5 Å². The van der Waals surface area contributed by atoms with E-state index in [1.54, 1.807) is 40.2 Å². The van der Waals surface area contributed by atoms with Gasteiger partial charge >= 0.3 is 12.1 Å². The Morgan fingerprint density at radius 3 is 2.87 bits per heavy atom. The van der Waals surface area contributed by atoms with Crippen LogP contribution in [0.5, 0.6) is 0 Å². The van der Waals surface area contributed by atoms with Gasteiger partial charge in [-0.1, -0.05) is 6.07 Å². The normalized spacial score (nSPS) is 13.8. The molecule has 0 radical (unpaired) electrons. The Bertz CT molecular complexity index is 726. The van der Waals surface area contributed by atoms with E-state index in [0.717, 1.165) is 12.2 Å². The van der Waals surface area contributed by atoms with Crippen molar-refractivity contribution in [1.29, 1.82) is 0 Å². The number of urea groups is 2. The molecule has 0 atom stereocenters. The van der Waals surface area contributed by atoms with Gasteiger partial charge in [0.05, 0.1) is 11.9 Å². The Hall–Kier alpha value is -3.03. The molecule has 0 saturated carbocycles. The van der Waals surface area contributed by atoms with Crippen LogP contribution in [0.1, 0.15) is 6.92 Å². The second kappa shape index (κ2) is 6.39. The van der Waals surface area contributed by atoms with E-state index >= 15 is 0 Å². The van der Waals surface area contributed by atoms with Gasteiger partial charge in [-0.15, -0.1) is 0 Å². The molecule has 4 amide bonds. The minimum atomic E-state index is -0.358. The Kier molecular flexibility index (Phi) is 4.13. The van der Waals surface area contributed by atoms with E-state index in [9.17, 15) is 9.59 Å². The number of hydrogen-bond donors (Lipinski definition) is 3. The van der Waals surface area contributed by atoms with Gasteiger partial charge in [0, 0.05) is 37.2 Å². The molecule has 0 spiro atoms. The van der Waals surface area contributed by atoms with Gasteiger partial charge in [0.2, 0.25) is 0 Å². The van der Waals surface area contributed by atoms with Gasteiger partial charge < -0.3 is 16.0 Å². The number of carbonyl (C=O) groups excluding carboxylic acids is 2. The first kappa shape index (κ1) is 14.9. The lowest BCUT2D eigenvalue weighted by Gasteiger charge is -2.15. The summed E-state index contributed by atoms with van der Waals surface area (Å²) < 4.78 is 1.72. The van der Waals surface area contributed by atoms with Gasteiger partial charge in [-0.05, 0) is 25.1 Å². The highest BCUT2D eigenvalue weighted by Crippen LogP contribution is 2.21. The summed E-state index contributed by atoms with van der Waals surface area (Å²) in [6, 6.07) is 6.68. The lowest BCUT2D eigenvalue weighted by molar-refractivity contribution is 0.252. The summed E-state index contributed by atoms with van der Waals surface area (Å²) in [5.41, 5.74) is 1.98. The first-order valence-electron chi connectivity index (χ1n) is 7.41. The molecule has 3 N–H and O–H groups in total. The minimum absolute atomic E-state index is 0.126. The van der Waals surface area contributed by atoms with E-state index < -0.39 is 0 Å². The van der Waals surface area contributed by atoms with Gasteiger partial charge in [-0.2, -0.15) is 5.10 Å². The smallest absolute Gasteiger partial charge is 0.323 e. The maximum atomic E-state index is 12.0. The number of carbonyl (C=O) groups is 2. The van der Waals surface area contributed by atoms with Crippen molar-refractivity contribution >= 4 is 29.1 Å². The highest BCUT2D eigenvalue weighted by Gasteiger charge is 2.21. The molecule has 8 heteroatoms. The van der Waals surface area contributed by atoms with Crippen molar-refractivity contribution in [3.8, 4) is 0 Å². The summed E-state index contributed by atoms with van der Waals surface area (Å²) in [6.45, 7) is 3.95. The van der Waals surface area contributed by atoms with Gasteiger partial charge in [0.25, 0.3) is 0 Å². The molecule has 1 aliphatic rings. The molecular formula is C15H18N6O2. The molecule has 8 nitrogen and oxygen atoms in total. The largest absolute Gasteiger partial charge is 0.336 e. The summed E-state index contributed by atoms with van der Waals surface area (Å²) in [7, 11) is 0. The molecule has 1 aliphatic heterocycles. The number of amides is 4. The molecule has 2 heterocycles. The van der Waals surface area contributed by atoms with Gasteiger partial charge in [0.1, 0.15) is 0 Å². The van der Waals surface area contributed by atoms with Crippen molar-refractivity contribution in [2.75, 3.05) is 28.6 Å². The van der Waals surface area contributed by atoms with Crippen LogP contribution >= 0.6 is 0 Å². The average Bonchev–Trinajstić information content (AvgIpc) is 3.16. The van der Waals surface area contributed by atoms with Crippen molar-refractivity contribution < 1.29 is 9.59 Å². The van der Waals surface area contributed by atoms with E-state index in [4.69, 9.17) is 0 Å². The van der Waals surface area contributed by atoms with Crippen molar-refractivity contribution in [1.82, 2.24) is 15.1 Å². The number of nitrogens with zero attached hydrogens (tertiary/aromatic N) is 3. The molecule has 1 fully saturated rings. The number of hydrogen-bond acceptors (Lipinski definition) is 3. The van der Waals surface area contributed by atoms with Crippen molar-refractivity contribution in [3.63, 3.8) is 0 Å². The molecule has 2 aromatic rings. The summed E-state index contributed by atoms with van der Waals surface area (Å²) in [6.07, 6.45) is 3.35. The van der Waals surface area contributed by atoms with Gasteiger partial charge in [0.15, 0.2) is 0 Å². The zero-order chi connectivity index (χ0) is 16.2. The van der Waals surface area contributed by atoms with Crippen molar-refractivity contribution in [3.05, 3.63) is 36.7 Å². The fourth-order valence-corrected chi connectivity index (χ4v) is 2.36. The SMILES string of the molecule is CCn1cc(NC(=O)Nc2cccc(N3CCNC3=O)c2)cn1. The van der Waals surface area contributed by atoms with Crippen LogP contribution in [-0.2, 0) is 6.54 Å². The molecule has 0 bridgehead atoms. The molecule has 1 saturated heterocycles. The quantitative estimate of drug-likeness (QED) is 0.807. The topological polar surface area (TPSA) is 91.3 Å². The lowest BCUT2D eigenvalue weighted by atomic mass is 10.2. The summed E-state index contributed by atoms with van der Waals surface area (Å²) >= 11 is 0. The number of aryl methyl sites for hydroxylation is 1. The highest BCUT2D eigenvalue weighted by atomic mass is 16.2. The van der Waals surface area contributed by atoms with Crippen molar-refractivity contribution in [2.45, 2.75) is 13.5 Å². The summed E-state index contributed by atoms with van der Waals surface area (Å²) in [4.78, 5) is 25.3. The molecule has 23 heavy (non-hydrogen) atoms. The third kappa shape index (κ3) is 3.42. The zero-order valence-corrected chi connectivity index (χ0v) is 12.7. The third-order valence-electron chi connectivity index (χ3n) is 3.49. The molecular weight excluding hydrogens is 296 g/mol. The molecule has 1 aromatic heterocycles. The third-order valence-corrected chi connectivity index (χ3v) is 3.49. The van der Waals surface area contributed by atoms with Crippen LogP contribution in [0.15, 0.2) is 36.7 Å². The predicted molar refractivity (Wildman–Crippen MR) is 87.7 cm³/mol. The molecule has 1 aromatic carbocycles. The van der Waals surface area contributed by atoms with E-state index in [2.05, 4.69) is 21.0 Å². The molecule has 0 unspecified atom stereocenters. The standard InChI is InChI=1S/C15H18N6O2/c1-2-20-10-12(9-17-20)19-14(22)18-11-4-3-5-13(8-11)21-7-6-16-15(21)23/h3-5,8-10H,2,6-7H2,1H3,(H,16,23)(H2,18,19,22). The van der Waals surface area contributed by atoms with Crippen LogP contribution < -0.4 is 20.9 Å². The second-order valence-electron chi connectivity index (χ2n) is 5.10. The van der Waals surface area contributed by atoms with E-state index in [1.807, 2.05) is 13.0 Å². The molecule has 3 rings (SSSR count).